The monoisotopic (exact) mass is 370 g/mol. The van der Waals surface area contributed by atoms with Crippen LogP contribution in [0.15, 0.2) is 53.9 Å². The molecular weight excluding hydrogens is 348 g/mol. The lowest BCUT2D eigenvalue weighted by Gasteiger charge is -2.12. The standard InChI is InChI=1S/C19H23ClN6/c1-21-19(23-11-9-15-7-8-18(20)24-13-15)22-10-4-12-26-14-25-16-5-2-3-6-17(16)26/h2-3,5-8,13-14H,4,9-12H2,1H3,(H2,21,22,23). The van der Waals surface area contributed by atoms with Crippen LogP contribution < -0.4 is 10.6 Å². The lowest BCUT2D eigenvalue weighted by atomic mass is 10.2. The van der Waals surface area contributed by atoms with E-state index < -0.39 is 0 Å². The summed E-state index contributed by atoms with van der Waals surface area (Å²) in [5.74, 6) is 0.808. The van der Waals surface area contributed by atoms with Crippen LogP contribution in [0, 0.1) is 0 Å². The smallest absolute Gasteiger partial charge is 0.190 e. The SMILES string of the molecule is CN=C(NCCCn1cnc2ccccc21)NCCc1ccc(Cl)nc1. The summed E-state index contributed by atoms with van der Waals surface area (Å²) in [5.41, 5.74) is 3.35. The van der Waals surface area contributed by atoms with E-state index in [1.807, 2.05) is 36.7 Å². The second-order valence-electron chi connectivity index (χ2n) is 5.95. The van der Waals surface area contributed by atoms with E-state index in [0.717, 1.165) is 49.5 Å². The van der Waals surface area contributed by atoms with Gasteiger partial charge in [-0.3, -0.25) is 4.99 Å². The fraction of sp³-hybridized carbons (Fsp3) is 0.316. The van der Waals surface area contributed by atoms with Gasteiger partial charge in [-0.15, -0.1) is 0 Å². The van der Waals surface area contributed by atoms with Crippen LogP contribution in [-0.4, -0.2) is 40.6 Å². The van der Waals surface area contributed by atoms with Gasteiger partial charge in [0, 0.05) is 32.9 Å². The van der Waals surface area contributed by atoms with Gasteiger partial charge in [0.1, 0.15) is 5.15 Å². The van der Waals surface area contributed by atoms with E-state index in [4.69, 9.17) is 11.6 Å². The van der Waals surface area contributed by atoms with Gasteiger partial charge in [0.05, 0.1) is 17.4 Å². The highest BCUT2D eigenvalue weighted by atomic mass is 35.5. The molecule has 3 aromatic rings. The van der Waals surface area contributed by atoms with Gasteiger partial charge >= 0.3 is 0 Å². The van der Waals surface area contributed by atoms with Gasteiger partial charge < -0.3 is 15.2 Å². The first kappa shape index (κ1) is 18.2. The number of aromatic nitrogens is 3. The molecule has 0 spiro atoms. The summed E-state index contributed by atoms with van der Waals surface area (Å²) in [6.07, 6.45) is 5.56. The minimum Gasteiger partial charge on any atom is -0.356 e. The summed E-state index contributed by atoms with van der Waals surface area (Å²) in [6.45, 7) is 2.55. The van der Waals surface area contributed by atoms with Crippen molar-refractivity contribution in [2.45, 2.75) is 19.4 Å². The van der Waals surface area contributed by atoms with Crippen LogP contribution in [0.5, 0.6) is 0 Å². The zero-order valence-electron chi connectivity index (χ0n) is 14.8. The maximum Gasteiger partial charge on any atom is 0.190 e. The summed E-state index contributed by atoms with van der Waals surface area (Å²) in [5, 5.41) is 7.18. The highest BCUT2D eigenvalue weighted by Crippen LogP contribution is 2.11. The molecular formula is C19H23ClN6. The first-order valence-electron chi connectivity index (χ1n) is 8.71. The van der Waals surface area contributed by atoms with Crippen molar-refractivity contribution < 1.29 is 0 Å². The Bertz CT molecular complexity index is 856. The quantitative estimate of drug-likeness (QED) is 0.290. The maximum absolute atomic E-state index is 5.80. The predicted octanol–water partition coefficient (Wildman–Crippen LogP) is 2.88. The number of rotatable bonds is 7. The minimum atomic E-state index is 0.518. The Labute approximate surface area is 158 Å². The van der Waals surface area contributed by atoms with Crippen LogP contribution in [0.2, 0.25) is 5.15 Å². The zero-order valence-corrected chi connectivity index (χ0v) is 15.6. The number of imidazole rings is 1. The first-order valence-corrected chi connectivity index (χ1v) is 9.09. The zero-order chi connectivity index (χ0) is 18.2. The Kier molecular flexibility index (Phi) is 6.44. The molecule has 2 aromatic heterocycles. The number of benzene rings is 1. The largest absolute Gasteiger partial charge is 0.356 e. The van der Waals surface area contributed by atoms with Gasteiger partial charge in [0.2, 0.25) is 0 Å². The van der Waals surface area contributed by atoms with Crippen LogP contribution >= 0.6 is 11.6 Å². The molecule has 0 radical (unpaired) electrons. The molecule has 0 aliphatic rings. The number of guanidine groups is 1. The molecule has 3 rings (SSSR count). The number of aliphatic imine (C=N–C) groups is 1. The fourth-order valence-corrected chi connectivity index (χ4v) is 2.86. The van der Waals surface area contributed by atoms with Crippen LogP contribution in [-0.2, 0) is 13.0 Å². The Morgan fingerprint density at radius 1 is 1.12 bits per heavy atom. The molecule has 0 aliphatic carbocycles. The van der Waals surface area contributed by atoms with E-state index in [-0.39, 0.29) is 0 Å². The van der Waals surface area contributed by atoms with Crippen LogP contribution in [0.3, 0.4) is 0 Å². The first-order chi connectivity index (χ1) is 12.8. The summed E-state index contributed by atoms with van der Waals surface area (Å²) in [7, 11) is 1.78. The molecule has 0 fully saturated rings. The minimum absolute atomic E-state index is 0.518. The molecule has 2 N–H and O–H groups in total. The van der Waals surface area contributed by atoms with Gasteiger partial charge in [0.25, 0.3) is 0 Å². The van der Waals surface area contributed by atoms with Gasteiger partial charge in [0.15, 0.2) is 5.96 Å². The molecule has 0 atom stereocenters. The molecule has 2 heterocycles. The average Bonchev–Trinajstić information content (AvgIpc) is 3.08. The number of nitrogens with zero attached hydrogens (tertiary/aromatic N) is 4. The molecule has 0 saturated carbocycles. The van der Waals surface area contributed by atoms with E-state index in [9.17, 15) is 0 Å². The molecule has 0 aliphatic heterocycles. The van der Waals surface area contributed by atoms with Crippen LogP contribution in [0.4, 0.5) is 0 Å². The lowest BCUT2D eigenvalue weighted by molar-refractivity contribution is 0.637. The Morgan fingerprint density at radius 2 is 1.96 bits per heavy atom. The van der Waals surface area contributed by atoms with Gasteiger partial charge in [-0.05, 0) is 36.6 Å². The van der Waals surface area contributed by atoms with E-state index in [1.54, 1.807) is 13.2 Å². The van der Waals surface area contributed by atoms with Gasteiger partial charge in [-0.2, -0.15) is 0 Å². The van der Waals surface area contributed by atoms with Gasteiger partial charge in [-0.25, -0.2) is 9.97 Å². The van der Waals surface area contributed by atoms with Crippen molar-refractivity contribution in [1.29, 1.82) is 0 Å². The van der Waals surface area contributed by atoms with Crippen molar-refractivity contribution in [3.05, 3.63) is 59.6 Å². The number of halogens is 1. The third-order valence-corrected chi connectivity index (χ3v) is 4.34. The molecule has 0 saturated heterocycles. The van der Waals surface area contributed by atoms with Crippen molar-refractivity contribution >= 4 is 28.6 Å². The summed E-state index contributed by atoms with van der Waals surface area (Å²) >= 11 is 5.80. The Morgan fingerprint density at radius 3 is 2.77 bits per heavy atom. The fourth-order valence-electron chi connectivity index (χ4n) is 2.74. The molecule has 136 valence electrons. The molecule has 1 aromatic carbocycles. The molecule has 26 heavy (non-hydrogen) atoms. The molecule has 0 bridgehead atoms. The predicted molar refractivity (Wildman–Crippen MR) is 107 cm³/mol. The van der Waals surface area contributed by atoms with E-state index >= 15 is 0 Å². The highest BCUT2D eigenvalue weighted by Gasteiger charge is 2.02. The van der Waals surface area contributed by atoms with Crippen molar-refractivity contribution in [2.75, 3.05) is 20.1 Å². The number of hydrogen-bond donors (Lipinski definition) is 2. The normalized spacial score (nSPS) is 11.7. The summed E-state index contributed by atoms with van der Waals surface area (Å²) in [4.78, 5) is 12.8. The van der Waals surface area contributed by atoms with Crippen LogP contribution in [0.1, 0.15) is 12.0 Å². The summed E-state index contributed by atoms with van der Waals surface area (Å²) < 4.78 is 2.18. The Hall–Kier alpha value is -2.60. The van der Waals surface area contributed by atoms with Crippen molar-refractivity contribution in [3.8, 4) is 0 Å². The number of para-hydroxylation sites is 2. The molecule has 0 amide bonds. The number of pyridine rings is 1. The topological polar surface area (TPSA) is 67.1 Å². The highest BCUT2D eigenvalue weighted by molar-refractivity contribution is 6.29. The number of nitrogens with one attached hydrogen (secondary N) is 2. The second kappa shape index (κ2) is 9.20. The molecule has 0 unspecified atom stereocenters. The number of fused-ring (bicyclic) bond motifs is 1. The van der Waals surface area contributed by atoms with E-state index in [1.165, 1.54) is 5.52 Å². The maximum atomic E-state index is 5.80. The number of aryl methyl sites for hydroxylation is 1. The molecule has 6 nitrogen and oxygen atoms in total. The second-order valence-corrected chi connectivity index (χ2v) is 6.33. The van der Waals surface area contributed by atoms with Crippen molar-refractivity contribution in [1.82, 2.24) is 25.2 Å². The van der Waals surface area contributed by atoms with Crippen molar-refractivity contribution in [3.63, 3.8) is 0 Å². The Balaban J connectivity index is 1.38. The number of hydrogen-bond acceptors (Lipinski definition) is 3. The van der Waals surface area contributed by atoms with Gasteiger partial charge in [-0.1, -0.05) is 29.8 Å². The third-order valence-electron chi connectivity index (χ3n) is 4.11. The average molecular weight is 371 g/mol. The summed E-state index contributed by atoms with van der Waals surface area (Å²) in [6, 6.07) is 12.0. The third kappa shape index (κ3) is 4.95. The van der Waals surface area contributed by atoms with E-state index in [0.29, 0.717) is 5.15 Å². The molecule has 7 heteroatoms. The van der Waals surface area contributed by atoms with Crippen molar-refractivity contribution in [2.24, 2.45) is 4.99 Å². The van der Waals surface area contributed by atoms with Crippen LogP contribution in [0.25, 0.3) is 11.0 Å². The van der Waals surface area contributed by atoms with E-state index in [2.05, 4.69) is 36.2 Å². The lowest BCUT2D eigenvalue weighted by Crippen LogP contribution is -2.39.